The summed E-state index contributed by atoms with van der Waals surface area (Å²) in [7, 11) is 0. The molecule has 2 fully saturated rings. The molecular formula is C27H72. The van der Waals surface area contributed by atoms with Crippen LogP contribution in [0.2, 0.25) is 0 Å². The highest BCUT2D eigenvalue weighted by Gasteiger charge is 2.34. The molecule has 2 atom stereocenters. The summed E-state index contributed by atoms with van der Waals surface area (Å²) < 4.78 is 0. The lowest BCUT2D eigenvalue weighted by atomic mass is 9.95. The predicted octanol–water partition coefficient (Wildman–Crippen LogP) is 12.3. The normalized spacial score (nSPS) is 17.8. The first-order chi connectivity index (χ1) is 8.67. The van der Waals surface area contributed by atoms with Gasteiger partial charge in [-0.2, -0.15) is 0 Å². The molecular weight excluding hydrogens is 324 g/mol. The minimum absolute atomic E-state index is 0. The third kappa shape index (κ3) is 28.1. The summed E-state index contributed by atoms with van der Waals surface area (Å²) in [6.45, 7) is 13.0. The quantitative estimate of drug-likeness (QED) is 0.416. The number of hydrogen-bond donors (Lipinski definition) is 0. The fourth-order valence-corrected chi connectivity index (χ4v) is 3.06. The smallest absolute Gasteiger partial charge is 0.0200 e. The lowest BCUT2D eigenvalue weighted by Gasteiger charge is -2.11. The molecule has 0 N–H and O–H groups in total. The molecule has 0 heterocycles. The Morgan fingerprint density at radius 1 is 0.852 bits per heavy atom. The maximum absolute atomic E-state index is 2.34. The molecule has 27 heavy (non-hydrogen) atoms. The van der Waals surface area contributed by atoms with Gasteiger partial charge in [0.1, 0.15) is 0 Å². The van der Waals surface area contributed by atoms with E-state index in [2.05, 4.69) is 33.8 Å². The number of allylic oxidation sites excluding steroid dienone is 2. The summed E-state index contributed by atoms with van der Waals surface area (Å²) in [5.41, 5.74) is 1.76. The van der Waals surface area contributed by atoms with Crippen molar-refractivity contribution in [1.29, 1.82) is 0 Å². The van der Waals surface area contributed by atoms with Crippen LogP contribution in [0.15, 0.2) is 11.6 Å². The van der Waals surface area contributed by atoms with Crippen molar-refractivity contribution in [3.8, 4) is 0 Å². The van der Waals surface area contributed by atoms with Gasteiger partial charge in [-0.15, -0.1) is 0 Å². The van der Waals surface area contributed by atoms with Crippen molar-refractivity contribution in [1.82, 2.24) is 0 Å². The molecule has 0 aliphatic heterocycles. The van der Waals surface area contributed by atoms with Crippen molar-refractivity contribution in [3.63, 3.8) is 0 Å². The topological polar surface area (TPSA) is 0 Å². The van der Waals surface area contributed by atoms with E-state index in [4.69, 9.17) is 0 Å². The van der Waals surface area contributed by atoms with Crippen molar-refractivity contribution < 1.29 is 0 Å². The summed E-state index contributed by atoms with van der Waals surface area (Å²) in [6.07, 6.45) is 12.4. The maximum Gasteiger partial charge on any atom is -0.0200 e. The third-order valence-electron chi connectivity index (χ3n) is 4.10. The highest BCUT2D eigenvalue weighted by Crippen LogP contribution is 2.47. The third-order valence-corrected chi connectivity index (χ3v) is 4.10. The van der Waals surface area contributed by atoms with Gasteiger partial charge in [-0.05, 0) is 50.4 Å². The molecule has 2 saturated carbocycles. The Morgan fingerprint density at radius 2 is 1.30 bits per heavy atom. The van der Waals surface area contributed by atoms with Gasteiger partial charge >= 0.3 is 0 Å². The van der Waals surface area contributed by atoms with E-state index in [-0.39, 0.29) is 66.8 Å². The maximum atomic E-state index is 2.34. The molecule has 0 radical (unpaired) electrons. The van der Waals surface area contributed by atoms with Gasteiger partial charge in [0, 0.05) is 0 Å². The first kappa shape index (κ1) is 63.2. The predicted molar refractivity (Wildman–Crippen MR) is 145 cm³/mol. The fourth-order valence-electron chi connectivity index (χ4n) is 3.06. The average Bonchev–Trinajstić information content (AvgIpc) is 3.01. The second kappa shape index (κ2) is 40.4. The molecule has 2 unspecified atom stereocenters. The molecule has 0 aromatic rings. The number of unbranched alkanes of at least 4 members (excludes halogenated alkanes) is 1. The summed E-state index contributed by atoms with van der Waals surface area (Å²) in [5.74, 6) is 3.00. The molecule has 0 heteroatoms. The first-order valence-electron chi connectivity index (χ1n) is 8.32. The second-order valence-electron chi connectivity index (χ2n) is 5.98. The van der Waals surface area contributed by atoms with E-state index in [1.807, 2.05) is 13.8 Å². The van der Waals surface area contributed by atoms with Crippen molar-refractivity contribution in [2.45, 2.75) is 153 Å². The van der Waals surface area contributed by atoms with E-state index in [0.717, 1.165) is 17.8 Å². The van der Waals surface area contributed by atoms with E-state index < -0.39 is 0 Å². The molecule has 0 aromatic heterocycles. The van der Waals surface area contributed by atoms with Gasteiger partial charge in [0.15, 0.2) is 0 Å². The van der Waals surface area contributed by atoms with E-state index in [9.17, 15) is 0 Å². The van der Waals surface area contributed by atoms with E-state index in [1.54, 1.807) is 5.57 Å². The van der Waals surface area contributed by atoms with Crippen LogP contribution in [0.4, 0.5) is 0 Å². The molecule has 2 aliphatic rings. The van der Waals surface area contributed by atoms with Gasteiger partial charge in [-0.3, -0.25) is 0 Å². The molecule has 2 bridgehead atoms. The zero-order chi connectivity index (χ0) is 14.0. The Labute approximate surface area is 183 Å². The molecule has 0 spiro atoms. The van der Waals surface area contributed by atoms with Crippen LogP contribution < -0.4 is 0 Å². The zero-order valence-electron chi connectivity index (χ0n) is 13.8. The van der Waals surface area contributed by atoms with Crippen LogP contribution in [0.1, 0.15) is 153 Å². The summed E-state index contributed by atoms with van der Waals surface area (Å²) in [5, 5.41) is 0. The second-order valence-corrected chi connectivity index (χ2v) is 5.98. The van der Waals surface area contributed by atoms with Gasteiger partial charge in [-0.1, -0.05) is 132 Å². The van der Waals surface area contributed by atoms with Crippen LogP contribution in [-0.4, -0.2) is 0 Å². The summed E-state index contributed by atoms with van der Waals surface area (Å²) in [4.78, 5) is 0. The van der Waals surface area contributed by atoms with Gasteiger partial charge in [0.25, 0.3) is 0 Å². The van der Waals surface area contributed by atoms with E-state index in [0.29, 0.717) is 0 Å². The van der Waals surface area contributed by atoms with Crippen LogP contribution in [0.3, 0.4) is 0 Å². The van der Waals surface area contributed by atoms with Crippen LogP contribution >= 0.6 is 0 Å². The molecule has 2 aliphatic carbocycles. The van der Waals surface area contributed by atoms with Crippen LogP contribution in [0, 0.1) is 17.8 Å². The lowest BCUT2D eigenvalue weighted by Crippen LogP contribution is -1.96. The van der Waals surface area contributed by atoms with Gasteiger partial charge in [0.2, 0.25) is 0 Å². The summed E-state index contributed by atoms with van der Waals surface area (Å²) in [6, 6.07) is 0. The Hall–Kier alpha value is -0.260. The van der Waals surface area contributed by atoms with Gasteiger partial charge < -0.3 is 0 Å². The lowest BCUT2D eigenvalue weighted by molar-refractivity contribution is 0.550. The Morgan fingerprint density at radius 3 is 1.44 bits per heavy atom. The SMILES string of the molecule is C.C.C.C.C.C.C.C.C.C/C=C1/CC2CCC1C2.CC.CCCCC(C)C. The van der Waals surface area contributed by atoms with Crippen molar-refractivity contribution in [2.24, 2.45) is 17.8 Å². The van der Waals surface area contributed by atoms with Crippen LogP contribution in [0.5, 0.6) is 0 Å². The fraction of sp³-hybridized carbons (Fsp3) is 0.926. The van der Waals surface area contributed by atoms with Gasteiger partial charge in [-0.25, -0.2) is 0 Å². The highest BCUT2D eigenvalue weighted by molar-refractivity contribution is 5.15. The van der Waals surface area contributed by atoms with Crippen LogP contribution in [0.25, 0.3) is 0 Å². The monoisotopic (exact) mass is 397 g/mol. The zero-order valence-corrected chi connectivity index (χ0v) is 13.8. The Balaban J connectivity index is -0.0000000190. The van der Waals surface area contributed by atoms with Crippen molar-refractivity contribution >= 4 is 0 Å². The molecule has 2 rings (SSSR count). The molecule has 0 amide bonds. The van der Waals surface area contributed by atoms with Gasteiger partial charge in [0.05, 0.1) is 0 Å². The minimum Gasteiger partial charge on any atom is -0.0882 e. The van der Waals surface area contributed by atoms with Crippen LogP contribution in [-0.2, 0) is 0 Å². The van der Waals surface area contributed by atoms with E-state index >= 15 is 0 Å². The number of rotatable bonds is 3. The van der Waals surface area contributed by atoms with E-state index in [1.165, 1.54) is 44.9 Å². The average molecular weight is 397 g/mol. The number of fused-ring (bicyclic) bond motifs is 2. The Kier molecular flexibility index (Phi) is 94.7. The number of hydrogen-bond acceptors (Lipinski definition) is 0. The molecule has 0 aromatic carbocycles. The van der Waals surface area contributed by atoms with Crippen molar-refractivity contribution in [3.05, 3.63) is 11.6 Å². The minimum atomic E-state index is 0. The first-order valence-corrected chi connectivity index (χ1v) is 8.32. The summed E-state index contributed by atoms with van der Waals surface area (Å²) >= 11 is 0. The molecule has 0 nitrogen and oxygen atoms in total. The molecule has 0 saturated heterocycles. The largest absolute Gasteiger partial charge is 0.0882 e. The standard InChI is InChI=1S/C9H14.C7H16.C2H6.9CH4/c1-2-8-5-7-3-4-9(8)6-7;1-4-5-6-7(2)3;1-2;;;;;;;;;/h2,7,9H,3-6H2,1H3;7H,4-6H2,1-3H3;1-2H3;9*1H4/b8-2-;;;;;;;;;;;. The highest BCUT2D eigenvalue weighted by atomic mass is 14.4. The Bertz CT molecular complexity index is 212. The van der Waals surface area contributed by atoms with Crippen molar-refractivity contribution in [2.75, 3.05) is 0 Å². The molecule has 180 valence electrons.